The molecule has 16 heavy (non-hydrogen) atoms. The Balaban J connectivity index is 2.84. The molecule has 0 saturated carbocycles. The maximum Gasteiger partial charge on any atom is 0.238 e. The van der Waals surface area contributed by atoms with Crippen LogP contribution in [0.5, 0.6) is 0 Å². The lowest BCUT2D eigenvalue weighted by Crippen LogP contribution is -2.38. The van der Waals surface area contributed by atoms with E-state index in [9.17, 15) is 13.2 Å². The number of rotatable bonds is 4. The lowest BCUT2D eigenvalue weighted by Gasteiger charge is -2.07. The monoisotopic (exact) mass is 243 g/mol. The number of hydrogen-bond acceptors (Lipinski definition) is 4. The molecule has 1 aromatic rings. The fourth-order valence-electron chi connectivity index (χ4n) is 1.17. The topological polar surface area (TPSA) is 129 Å². The van der Waals surface area contributed by atoms with Gasteiger partial charge < -0.3 is 11.5 Å². The Bertz CT molecular complexity index is 481. The fourth-order valence-corrected chi connectivity index (χ4v) is 1.69. The van der Waals surface area contributed by atoms with Gasteiger partial charge in [-0.05, 0) is 24.1 Å². The first kappa shape index (κ1) is 12.6. The highest BCUT2D eigenvalue weighted by atomic mass is 32.2. The molecule has 0 aliphatic rings. The Kier molecular flexibility index (Phi) is 3.63. The first-order valence-electron chi connectivity index (χ1n) is 4.47. The molecule has 0 saturated heterocycles. The van der Waals surface area contributed by atoms with E-state index in [-0.39, 0.29) is 11.3 Å². The van der Waals surface area contributed by atoms with Gasteiger partial charge in [-0.3, -0.25) is 4.79 Å². The molecule has 1 aromatic carbocycles. The molecule has 6 N–H and O–H groups in total. The van der Waals surface area contributed by atoms with E-state index in [2.05, 4.69) is 0 Å². The smallest absolute Gasteiger partial charge is 0.238 e. The molecule has 0 unspecified atom stereocenters. The quantitative estimate of drug-likeness (QED) is 0.606. The van der Waals surface area contributed by atoms with Crippen molar-refractivity contribution < 1.29 is 13.2 Å². The molecule has 1 rings (SSSR count). The average Bonchev–Trinajstić information content (AvgIpc) is 2.17. The zero-order valence-electron chi connectivity index (χ0n) is 8.46. The van der Waals surface area contributed by atoms with Crippen LogP contribution in [0.15, 0.2) is 29.2 Å². The predicted octanol–water partition coefficient (Wildman–Crippen LogP) is -1.31. The predicted molar refractivity (Wildman–Crippen MR) is 58.7 cm³/mol. The Morgan fingerprint density at radius 1 is 1.25 bits per heavy atom. The van der Waals surface area contributed by atoms with E-state index in [0.29, 0.717) is 0 Å². The summed E-state index contributed by atoms with van der Waals surface area (Å²) < 4.78 is 21.9. The Morgan fingerprint density at radius 3 is 2.12 bits per heavy atom. The van der Waals surface area contributed by atoms with Gasteiger partial charge in [0.15, 0.2) is 0 Å². The van der Waals surface area contributed by atoms with E-state index < -0.39 is 22.0 Å². The van der Waals surface area contributed by atoms with Crippen LogP contribution in [0.1, 0.15) is 5.56 Å². The molecule has 0 spiro atoms. The number of carbonyl (C=O) groups excluding carboxylic acids is 1. The molecule has 0 aliphatic carbocycles. The minimum Gasteiger partial charge on any atom is -0.368 e. The van der Waals surface area contributed by atoms with Gasteiger partial charge in [-0.15, -0.1) is 0 Å². The van der Waals surface area contributed by atoms with E-state index in [1.54, 1.807) is 12.1 Å². The summed E-state index contributed by atoms with van der Waals surface area (Å²) in [5, 5.41) is 4.93. The van der Waals surface area contributed by atoms with Crippen molar-refractivity contribution in [3.63, 3.8) is 0 Å². The Labute approximate surface area is 93.5 Å². The van der Waals surface area contributed by atoms with Gasteiger partial charge in [0.25, 0.3) is 0 Å². The standard InChI is InChI=1S/C9H13N3O3S/c10-8(9(11)13)5-6-1-3-7(4-2-6)16(12,14)15/h1-4,8H,5,10H2,(H2,11,13)(H2,12,14,15)/t8-/m1/s1. The number of benzene rings is 1. The summed E-state index contributed by atoms with van der Waals surface area (Å²) in [5.41, 5.74) is 11.2. The second kappa shape index (κ2) is 4.60. The Hall–Kier alpha value is -1.44. The minimum absolute atomic E-state index is 0.0175. The van der Waals surface area contributed by atoms with Gasteiger partial charge >= 0.3 is 0 Å². The number of amides is 1. The highest BCUT2D eigenvalue weighted by Gasteiger charge is 2.11. The summed E-state index contributed by atoms with van der Waals surface area (Å²) >= 11 is 0. The number of primary amides is 1. The van der Waals surface area contributed by atoms with E-state index in [1.807, 2.05) is 0 Å². The van der Waals surface area contributed by atoms with Crippen LogP contribution in [0.2, 0.25) is 0 Å². The molecule has 88 valence electrons. The van der Waals surface area contributed by atoms with E-state index in [1.165, 1.54) is 12.1 Å². The highest BCUT2D eigenvalue weighted by Crippen LogP contribution is 2.09. The summed E-state index contributed by atoms with van der Waals surface area (Å²) in [4.78, 5) is 10.7. The number of primary sulfonamides is 1. The molecule has 6 nitrogen and oxygen atoms in total. The van der Waals surface area contributed by atoms with Gasteiger partial charge in [0.1, 0.15) is 0 Å². The highest BCUT2D eigenvalue weighted by molar-refractivity contribution is 7.89. The van der Waals surface area contributed by atoms with Crippen LogP contribution in [0.3, 0.4) is 0 Å². The summed E-state index contributed by atoms with van der Waals surface area (Å²) in [6, 6.07) is 5.03. The molecular formula is C9H13N3O3S. The van der Waals surface area contributed by atoms with E-state index in [0.717, 1.165) is 5.56 Å². The van der Waals surface area contributed by atoms with Gasteiger partial charge in [0.2, 0.25) is 15.9 Å². The molecule has 0 fully saturated rings. The van der Waals surface area contributed by atoms with Crippen LogP contribution in [0.4, 0.5) is 0 Å². The van der Waals surface area contributed by atoms with Crippen molar-refractivity contribution in [1.82, 2.24) is 0 Å². The number of nitrogens with two attached hydrogens (primary N) is 3. The van der Waals surface area contributed by atoms with Crippen molar-refractivity contribution in [3.05, 3.63) is 29.8 Å². The first-order chi connectivity index (χ1) is 7.30. The van der Waals surface area contributed by atoms with Gasteiger partial charge in [0.05, 0.1) is 10.9 Å². The summed E-state index contributed by atoms with van der Waals surface area (Å²) in [6.45, 7) is 0. The van der Waals surface area contributed by atoms with E-state index >= 15 is 0 Å². The van der Waals surface area contributed by atoms with Gasteiger partial charge in [-0.25, -0.2) is 13.6 Å². The van der Waals surface area contributed by atoms with Crippen molar-refractivity contribution in [3.8, 4) is 0 Å². The molecule has 0 bridgehead atoms. The third kappa shape index (κ3) is 3.30. The maximum atomic E-state index is 11.0. The minimum atomic E-state index is -3.69. The lowest BCUT2D eigenvalue weighted by atomic mass is 10.1. The molecule has 0 radical (unpaired) electrons. The lowest BCUT2D eigenvalue weighted by molar-refractivity contribution is -0.119. The van der Waals surface area contributed by atoms with Crippen LogP contribution >= 0.6 is 0 Å². The van der Waals surface area contributed by atoms with Gasteiger partial charge in [-0.1, -0.05) is 12.1 Å². The van der Waals surface area contributed by atoms with Crippen molar-refractivity contribution in [2.75, 3.05) is 0 Å². The summed E-state index contributed by atoms with van der Waals surface area (Å²) in [5.74, 6) is -0.601. The first-order valence-corrected chi connectivity index (χ1v) is 6.02. The second-order valence-electron chi connectivity index (χ2n) is 3.40. The van der Waals surface area contributed by atoms with Crippen LogP contribution in [0, 0.1) is 0 Å². The fraction of sp³-hybridized carbons (Fsp3) is 0.222. The van der Waals surface area contributed by atoms with Crippen LogP contribution < -0.4 is 16.6 Å². The molecule has 1 atom stereocenters. The van der Waals surface area contributed by atoms with E-state index in [4.69, 9.17) is 16.6 Å². The van der Waals surface area contributed by atoms with Crippen LogP contribution in [-0.4, -0.2) is 20.4 Å². The van der Waals surface area contributed by atoms with Gasteiger partial charge in [0, 0.05) is 0 Å². The number of carbonyl (C=O) groups is 1. The van der Waals surface area contributed by atoms with Gasteiger partial charge in [-0.2, -0.15) is 0 Å². The summed E-state index contributed by atoms with van der Waals surface area (Å²) in [7, 11) is -3.69. The molecule has 0 aromatic heterocycles. The van der Waals surface area contributed by atoms with Crippen molar-refractivity contribution in [2.45, 2.75) is 17.4 Å². The average molecular weight is 243 g/mol. The van der Waals surface area contributed by atoms with Crippen LogP contribution in [-0.2, 0) is 21.2 Å². The zero-order valence-corrected chi connectivity index (χ0v) is 9.28. The second-order valence-corrected chi connectivity index (χ2v) is 4.96. The normalized spacial score (nSPS) is 13.4. The number of hydrogen-bond donors (Lipinski definition) is 3. The Morgan fingerprint density at radius 2 is 1.75 bits per heavy atom. The number of sulfonamides is 1. The van der Waals surface area contributed by atoms with Crippen LogP contribution in [0.25, 0.3) is 0 Å². The van der Waals surface area contributed by atoms with Crippen molar-refractivity contribution in [1.29, 1.82) is 0 Å². The molecular weight excluding hydrogens is 230 g/mol. The molecule has 7 heteroatoms. The maximum absolute atomic E-state index is 11.0. The molecule has 0 aliphatic heterocycles. The third-order valence-electron chi connectivity index (χ3n) is 2.07. The summed E-state index contributed by atoms with van der Waals surface area (Å²) in [6.07, 6.45) is 0.264. The largest absolute Gasteiger partial charge is 0.368 e. The molecule has 0 heterocycles. The SMILES string of the molecule is NC(=O)[C@H](N)Cc1ccc(S(N)(=O)=O)cc1. The zero-order chi connectivity index (χ0) is 12.3. The van der Waals surface area contributed by atoms with Crippen molar-refractivity contribution >= 4 is 15.9 Å². The molecule has 1 amide bonds. The third-order valence-corrected chi connectivity index (χ3v) is 3.00. The van der Waals surface area contributed by atoms with Crippen molar-refractivity contribution in [2.24, 2.45) is 16.6 Å².